The van der Waals surface area contributed by atoms with E-state index in [4.69, 9.17) is 4.74 Å². The summed E-state index contributed by atoms with van der Waals surface area (Å²) in [5.74, 6) is 2.87. The average Bonchev–Trinajstić information content (AvgIpc) is 2.90. The van der Waals surface area contributed by atoms with Gasteiger partial charge in [-0.25, -0.2) is 0 Å². The predicted octanol–water partition coefficient (Wildman–Crippen LogP) is 5.31. The monoisotopic (exact) mass is 330 g/mol. The summed E-state index contributed by atoms with van der Waals surface area (Å²) < 4.78 is 6.29. The molecule has 0 aromatic heterocycles. The quantitative estimate of drug-likeness (QED) is 0.700. The third kappa shape index (κ3) is 2.35. The summed E-state index contributed by atoms with van der Waals surface area (Å²) in [6.07, 6.45) is 13.3. The van der Waals surface area contributed by atoms with Crippen LogP contribution in [0.25, 0.3) is 0 Å². The largest absolute Gasteiger partial charge is 0.378 e. The van der Waals surface area contributed by atoms with Crippen LogP contribution >= 0.6 is 0 Å². The number of carbonyl (C=O) groups excluding carboxylic acids is 1. The Morgan fingerprint density at radius 3 is 2.71 bits per heavy atom. The van der Waals surface area contributed by atoms with Crippen LogP contribution in [0.15, 0.2) is 11.6 Å². The highest BCUT2D eigenvalue weighted by molar-refractivity contribution is 5.91. The number of fused-ring (bicyclic) bond motifs is 5. The van der Waals surface area contributed by atoms with E-state index in [1.807, 2.05) is 6.08 Å². The minimum atomic E-state index is 0.306. The number of hydrogen-bond acceptors (Lipinski definition) is 2. The van der Waals surface area contributed by atoms with Crippen molar-refractivity contribution >= 4 is 5.78 Å². The van der Waals surface area contributed by atoms with E-state index in [1.165, 1.54) is 37.7 Å². The third-order valence-corrected chi connectivity index (χ3v) is 8.40. The summed E-state index contributed by atoms with van der Waals surface area (Å²) in [5, 5.41) is 0. The molecular formula is C22H34O2. The molecule has 0 radical (unpaired) electrons. The highest BCUT2D eigenvalue weighted by Crippen LogP contribution is 2.65. The number of ketones is 1. The standard InChI is InChI=1S/C22H34O2/c1-4-13-24-20-8-7-18-17-6-5-15-14-16(23)9-11-21(15,2)19(17)10-12-22(18,20)3/h14,17-20H,4-13H2,1-3H3/t17-,18-,19+,20+,21+,22+/m1/s1. The van der Waals surface area contributed by atoms with Crippen molar-refractivity contribution in [2.45, 2.75) is 84.7 Å². The first kappa shape index (κ1) is 16.8. The maximum atomic E-state index is 11.9. The molecule has 4 aliphatic rings. The second-order valence-electron chi connectivity index (χ2n) is 9.45. The Labute approximate surface area is 147 Å². The lowest BCUT2D eigenvalue weighted by Gasteiger charge is -2.58. The molecule has 134 valence electrons. The number of ether oxygens (including phenoxy) is 1. The van der Waals surface area contributed by atoms with Crippen LogP contribution < -0.4 is 0 Å². The fourth-order valence-corrected chi connectivity index (χ4v) is 7.05. The summed E-state index contributed by atoms with van der Waals surface area (Å²) in [6.45, 7) is 8.14. The van der Waals surface area contributed by atoms with Crippen molar-refractivity contribution in [1.82, 2.24) is 0 Å². The van der Waals surface area contributed by atoms with Crippen LogP contribution in [-0.2, 0) is 9.53 Å². The van der Waals surface area contributed by atoms with Gasteiger partial charge in [-0.3, -0.25) is 4.79 Å². The molecule has 0 bridgehead atoms. The minimum absolute atomic E-state index is 0.306. The van der Waals surface area contributed by atoms with Crippen LogP contribution in [0.2, 0.25) is 0 Å². The molecule has 4 rings (SSSR count). The van der Waals surface area contributed by atoms with Crippen molar-refractivity contribution in [2.75, 3.05) is 6.61 Å². The van der Waals surface area contributed by atoms with Crippen molar-refractivity contribution in [1.29, 1.82) is 0 Å². The molecule has 0 aromatic carbocycles. The highest BCUT2D eigenvalue weighted by Gasteiger charge is 2.59. The lowest BCUT2D eigenvalue weighted by atomic mass is 9.47. The highest BCUT2D eigenvalue weighted by atomic mass is 16.5. The van der Waals surface area contributed by atoms with Crippen LogP contribution in [0, 0.1) is 28.6 Å². The average molecular weight is 331 g/mol. The number of rotatable bonds is 3. The second-order valence-corrected chi connectivity index (χ2v) is 9.45. The van der Waals surface area contributed by atoms with Gasteiger partial charge in [-0.1, -0.05) is 26.3 Å². The molecule has 24 heavy (non-hydrogen) atoms. The van der Waals surface area contributed by atoms with E-state index in [0.717, 1.165) is 50.0 Å². The number of carbonyl (C=O) groups is 1. The van der Waals surface area contributed by atoms with Crippen LogP contribution in [0.4, 0.5) is 0 Å². The van der Waals surface area contributed by atoms with Gasteiger partial charge in [-0.05, 0) is 86.0 Å². The fraction of sp³-hybridized carbons (Fsp3) is 0.864. The lowest BCUT2D eigenvalue weighted by molar-refractivity contribution is -0.118. The maximum absolute atomic E-state index is 11.9. The van der Waals surface area contributed by atoms with Gasteiger partial charge in [0.25, 0.3) is 0 Å². The molecule has 2 nitrogen and oxygen atoms in total. The van der Waals surface area contributed by atoms with Gasteiger partial charge in [0.1, 0.15) is 0 Å². The van der Waals surface area contributed by atoms with Gasteiger partial charge in [-0.2, -0.15) is 0 Å². The molecule has 3 saturated carbocycles. The molecule has 0 unspecified atom stereocenters. The zero-order valence-corrected chi connectivity index (χ0v) is 15.8. The Morgan fingerprint density at radius 2 is 1.92 bits per heavy atom. The Morgan fingerprint density at radius 1 is 1.08 bits per heavy atom. The summed E-state index contributed by atoms with van der Waals surface area (Å²) >= 11 is 0. The Hall–Kier alpha value is -0.630. The molecule has 0 heterocycles. The van der Waals surface area contributed by atoms with Gasteiger partial charge in [-0.15, -0.1) is 0 Å². The summed E-state index contributed by atoms with van der Waals surface area (Å²) in [5.41, 5.74) is 2.19. The van der Waals surface area contributed by atoms with E-state index in [-0.39, 0.29) is 0 Å². The first-order valence-corrected chi connectivity index (χ1v) is 10.3. The predicted molar refractivity (Wildman–Crippen MR) is 96.7 cm³/mol. The molecule has 6 atom stereocenters. The van der Waals surface area contributed by atoms with E-state index >= 15 is 0 Å². The zero-order valence-electron chi connectivity index (χ0n) is 15.8. The minimum Gasteiger partial charge on any atom is -0.378 e. The van der Waals surface area contributed by atoms with E-state index in [9.17, 15) is 4.79 Å². The second kappa shape index (κ2) is 5.97. The van der Waals surface area contributed by atoms with E-state index in [1.54, 1.807) is 0 Å². The summed E-state index contributed by atoms with van der Waals surface area (Å²) in [7, 11) is 0. The van der Waals surface area contributed by atoms with Crippen LogP contribution in [0.5, 0.6) is 0 Å². The van der Waals surface area contributed by atoms with Gasteiger partial charge in [0.15, 0.2) is 5.78 Å². The molecule has 4 aliphatic carbocycles. The number of hydrogen-bond donors (Lipinski definition) is 0. The molecule has 0 spiro atoms. The Bertz CT molecular complexity index is 550. The van der Waals surface area contributed by atoms with Crippen molar-refractivity contribution in [3.8, 4) is 0 Å². The lowest BCUT2D eigenvalue weighted by Crippen LogP contribution is -2.51. The smallest absolute Gasteiger partial charge is 0.155 e. The van der Waals surface area contributed by atoms with E-state index in [2.05, 4.69) is 20.8 Å². The zero-order chi connectivity index (χ0) is 16.9. The van der Waals surface area contributed by atoms with Gasteiger partial charge in [0, 0.05) is 13.0 Å². The van der Waals surface area contributed by atoms with Gasteiger partial charge in [0.05, 0.1) is 6.10 Å². The van der Waals surface area contributed by atoms with Gasteiger partial charge < -0.3 is 4.74 Å². The van der Waals surface area contributed by atoms with Gasteiger partial charge in [0.2, 0.25) is 0 Å². The SMILES string of the molecule is CCCO[C@H]1CC[C@@H]2[C@H]3CCC4=CC(=O)CC[C@]4(C)[C@H]3CC[C@]12C. The van der Waals surface area contributed by atoms with E-state index < -0.39 is 0 Å². The van der Waals surface area contributed by atoms with Gasteiger partial charge >= 0.3 is 0 Å². The van der Waals surface area contributed by atoms with Crippen molar-refractivity contribution in [3.05, 3.63) is 11.6 Å². The van der Waals surface area contributed by atoms with Crippen molar-refractivity contribution in [3.63, 3.8) is 0 Å². The molecule has 0 amide bonds. The first-order valence-electron chi connectivity index (χ1n) is 10.3. The first-order chi connectivity index (χ1) is 11.5. The van der Waals surface area contributed by atoms with Crippen LogP contribution in [-0.4, -0.2) is 18.5 Å². The molecule has 0 N–H and O–H groups in total. The molecule has 0 saturated heterocycles. The Kier molecular flexibility index (Phi) is 4.18. The molecule has 3 fully saturated rings. The Balaban J connectivity index is 1.59. The van der Waals surface area contributed by atoms with Crippen LogP contribution in [0.3, 0.4) is 0 Å². The fourth-order valence-electron chi connectivity index (χ4n) is 7.05. The maximum Gasteiger partial charge on any atom is 0.155 e. The molecule has 2 heteroatoms. The van der Waals surface area contributed by atoms with Crippen molar-refractivity contribution in [2.24, 2.45) is 28.6 Å². The normalized spacial score (nSPS) is 47.6. The van der Waals surface area contributed by atoms with E-state index in [0.29, 0.717) is 22.7 Å². The summed E-state index contributed by atoms with van der Waals surface area (Å²) in [4.78, 5) is 11.9. The van der Waals surface area contributed by atoms with Crippen LogP contribution in [0.1, 0.15) is 78.6 Å². The topological polar surface area (TPSA) is 26.3 Å². The third-order valence-electron chi connectivity index (χ3n) is 8.40. The number of allylic oxidation sites excluding steroid dienone is 1. The molecule has 0 aliphatic heterocycles. The molecule has 0 aromatic rings. The molecular weight excluding hydrogens is 296 g/mol. The summed E-state index contributed by atoms with van der Waals surface area (Å²) in [6, 6.07) is 0. The van der Waals surface area contributed by atoms with Crippen molar-refractivity contribution < 1.29 is 9.53 Å².